The number of nitrogens with one attached hydrogen (secondary N) is 1. The van der Waals surface area contributed by atoms with Crippen LogP contribution in [0.4, 0.5) is 0 Å². The van der Waals surface area contributed by atoms with Gasteiger partial charge in [0.1, 0.15) is 11.4 Å². The van der Waals surface area contributed by atoms with E-state index in [-0.39, 0.29) is 5.92 Å². The molecule has 7 heteroatoms. The zero-order chi connectivity index (χ0) is 15.6. The third-order valence-electron chi connectivity index (χ3n) is 3.93. The van der Waals surface area contributed by atoms with E-state index in [0.29, 0.717) is 24.0 Å². The predicted octanol–water partition coefficient (Wildman–Crippen LogP) is 2.64. The maximum absolute atomic E-state index is 5.36. The maximum atomic E-state index is 5.36. The molecule has 118 valence electrons. The largest absolute Gasteiger partial charge is 0.497 e. The molecule has 1 aliphatic rings. The molecule has 1 saturated heterocycles. The van der Waals surface area contributed by atoms with Crippen molar-refractivity contribution in [1.82, 2.24) is 20.3 Å². The molecule has 3 heterocycles. The minimum Gasteiger partial charge on any atom is -0.497 e. The molecule has 1 fully saturated rings. The first-order chi connectivity index (χ1) is 11.3. The highest BCUT2D eigenvalue weighted by Crippen LogP contribution is 2.27. The van der Waals surface area contributed by atoms with E-state index in [1.807, 2.05) is 30.3 Å². The van der Waals surface area contributed by atoms with Crippen LogP contribution in [0.15, 0.2) is 34.9 Å². The van der Waals surface area contributed by atoms with Gasteiger partial charge >= 0.3 is 0 Å². The Hall–Kier alpha value is -2.67. The molecular weight excluding hydrogens is 296 g/mol. The van der Waals surface area contributed by atoms with Crippen LogP contribution < -0.4 is 4.74 Å². The second kappa shape index (κ2) is 5.85. The Morgan fingerprint density at radius 2 is 2.13 bits per heavy atom. The molecule has 4 rings (SSSR count). The van der Waals surface area contributed by atoms with Crippen molar-refractivity contribution in [3.8, 4) is 28.6 Å². The fourth-order valence-electron chi connectivity index (χ4n) is 2.59. The maximum Gasteiger partial charge on any atom is 0.275 e. The van der Waals surface area contributed by atoms with E-state index in [2.05, 4.69) is 20.3 Å². The number of nitrogens with zero attached hydrogens (tertiary/aromatic N) is 3. The number of aromatic nitrogens is 4. The monoisotopic (exact) mass is 312 g/mol. The van der Waals surface area contributed by atoms with Gasteiger partial charge in [0.05, 0.1) is 19.4 Å². The van der Waals surface area contributed by atoms with Crippen LogP contribution in [-0.2, 0) is 4.74 Å². The Bertz CT molecular complexity index is 788. The lowest BCUT2D eigenvalue weighted by atomic mass is 10.1. The normalized spacial score (nSPS) is 17.5. The Morgan fingerprint density at radius 3 is 2.87 bits per heavy atom. The van der Waals surface area contributed by atoms with E-state index < -0.39 is 0 Å². The highest BCUT2D eigenvalue weighted by Gasteiger charge is 2.24. The smallest absolute Gasteiger partial charge is 0.275 e. The Labute approximate surface area is 132 Å². The summed E-state index contributed by atoms with van der Waals surface area (Å²) in [6, 6.07) is 9.59. The van der Waals surface area contributed by atoms with Gasteiger partial charge in [0.15, 0.2) is 5.82 Å². The summed E-state index contributed by atoms with van der Waals surface area (Å²) in [6.45, 7) is 1.40. The van der Waals surface area contributed by atoms with Gasteiger partial charge in [-0.1, -0.05) is 5.16 Å². The SMILES string of the molecule is COc1ccc(-c2cc(-c3nc([C@H]4CCOC4)no3)[nH]n2)cc1. The zero-order valence-electron chi connectivity index (χ0n) is 12.7. The summed E-state index contributed by atoms with van der Waals surface area (Å²) in [5.41, 5.74) is 2.50. The van der Waals surface area contributed by atoms with E-state index in [9.17, 15) is 0 Å². The lowest BCUT2D eigenvalue weighted by Crippen LogP contribution is -1.99. The van der Waals surface area contributed by atoms with Crippen molar-refractivity contribution >= 4 is 0 Å². The van der Waals surface area contributed by atoms with Gasteiger partial charge in [-0.25, -0.2) is 0 Å². The summed E-state index contributed by atoms with van der Waals surface area (Å²) in [6.07, 6.45) is 0.930. The van der Waals surface area contributed by atoms with Crippen LogP contribution in [0.2, 0.25) is 0 Å². The van der Waals surface area contributed by atoms with Crippen LogP contribution in [0.1, 0.15) is 18.2 Å². The van der Waals surface area contributed by atoms with E-state index in [0.717, 1.165) is 30.0 Å². The van der Waals surface area contributed by atoms with Crippen LogP contribution >= 0.6 is 0 Å². The van der Waals surface area contributed by atoms with Gasteiger partial charge in [0.2, 0.25) is 0 Å². The molecular formula is C16H16N4O3. The third-order valence-corrected chi connectivity index (χ3v) is 3.93. The first-order valence-electron chi connectivity index (χ1n) is 7.45. The van der Waals surface area contributed by atoms with Crippen molar-refractivity contribution < 1.29 is 14.0 Å². The second-order valence-electron chi connectivity index (χ2n) is 5.41. The minimum atomic E-state index is 0.219. The molecule has 0 aliphatic carbocycles. The first kappa shape index (κ1) is 14.0. The summed E-state index contributed by atoms with van der Waals surface area (Å²) >= 11 is 0. The van der Waals surface area contributed by atoms with E-state index >= 15 is 0 Å². The molecule has 0 unspecified atom stereocenters. The topological polar surface area (TPSA) is 86.1 Å². The van der Waals surface area contributed by atoms with Gasteiger partial charge in [-0.2, -0.15) is 10.1 Å². The zero-order valence-corrected chi connectivity index (χ0v) is 12.7. The molecule has 2 aromatic heterocycles. The second-order valence-corrected chi connectivity index (χ2v) is 5.41. The summed E-state index contributed by atoms with van der Waals surface area (Å²) in [5.74, 6) is 2.17. The fourth-order valence-corrected chi connectivity index (χ4v) is 2.59. The van der Waals surface area contributed by atoms with Gasteiger partial charge in [-0.05, 0) is 36.8 Å². The van der Waals surface area contributed by atoms with Crippen molar-refractivity contribution in [2.75, 3.05) is 20.3 Å². The van der Waals surface area contributed by atoms with Crippen LogP contribution in [0, 0.1) is 0 Å². The molecule has 0 amide bonds. The van der Waals surface area contributed by atoms with Crippen LogP contribution in [-0.4, -0.2) is 40.7 Å². The molecule has 1 aromatic carbocycles. The average molecular weight is 312 g/mol. The lowest BCUT2D eigenvalue weighted by molar-refractivity contribution is 0.192. The third kappa shape index (κ3) is 2.70. The molecule has 1 atom stereocenters. The van der Waals surface area contributed by atoms with Gasteiger partial charge in [-0.15, -0.1) is 0 Å². The number of methoxy groups -OCH3 is 1. The standard InChI is InChI=1S/C16H16N4O3/c1-21-12-4-2-10(3-5-12)13-8-14(19-18-13)16-17-15(20-23-16)11-6-7-22-9-11/h2-5,8,11H,6-7,9H2,1H3,(H,18,19)/t11-/m0/s1. The molecule has 0 radical (unpaired) electrons. The number of hydrogen-bond donors (Lipinski definition) is 1. The van der Waals surface area contributed by atoms with Crippen LogP contribution in [0.3, 0.4) is 0 Å². The van der Waals surface area contributed by atoms with Crippen LogP contribution in [0.5, 0.6) is 5.75 Å². The fraction of sp³-hybridized carbons (Fsp3) is 0.312. The van der Waals surface area contributed by atoms with Crippen LogP contribution in [0.25, 0.3) is 22.8 Å². The van der Waals surface area contributed by atoms with E-state index in [4.69, 9.17) is 14.0 Å². The number of hydrogen-bond acceptors (Lipinski definition) is 6. The summed E-state index contributed by atoms with van der Waals surface area (Å²) < 4.78 is 15.9. The van der Waals surface area contributed by atoms with E-state index in [1.54, 1.807) is 7.11 Å². The summed E-state index contributed by atoms with van der Waals surface area (Å²) in [5, 5.41) is 11.3. The number of rotatable bonds is 4. The Balaban J connectivity index is 1.57. The van der Waals surface area contributed by atoms with Crippen molar-refractivity contribution in [3.63, 3.8) is 0 Å². The molecule has 7 nitrogen and oxygen atoms in total. The minimum absolute atomic E-state index is 0.219. The predicted molar refractivity (Wildman–Crippen MR) is 82.0 cm³/mol. The quantitative estimate of drug-likeness (QED) is 0.797. The molecule has 0 bridgehead atoms. The Kier molecular flexibility index (Phi) is 3.55. The highest BCUT2D eigenvalue weighted by molar-refractivity contribution is 5.64. The highest BCUT2D eigenvalue weighted by atomic mass is 16.5. The van der Waals surface area contributed by atoms with E-state index in [1.165, 1.54) is 0 Å². The summed E-state index contributed by atoms with van der Waals surface area (Å²) in [7, 11) is 1.64. The van der Waals surface area contributed by atoms with Crippen molar-refractivity contribution in [1.29, 1.82) is 0 Å². The Morgan fingerprint density at radius 1 is 1.26 bits per heavy atom. The van der Waals surface area contributed by atoms with Gasteiger partial charge in [0.25, 0.3) is 5.89 Å². The lowest BCUT2D eigenvalue weighted by Gasteiger charge is -1.99. The molecule has 1 N–H and O–H groups in total. The van der Waals surface area contributed by atoms with Crippen molar-refractivity contribution in [3.05, 3.63) is 36.2 Å². The number of aromatic amines is 1. The average Bonchev–Trinajstić information content (AvgIpc) is 3.34. The van der Waals surface area contributed by atoms with Crippen molar-refractivity contribution in [2.24, 2.45) is 0 Å². The number of benzene rings is 1. The van der Waals surface area contributed by atoms with Gasteiger partial charge in [0, 0.05) is 18.1 Å². The van der Waals surface area contributed by atoms with Gasteiger partial charge in [-0.3, -0.25) is 5.10 Å². The first-order valence-corrected chi connectivity index (χ1v) is 7.45. The molecule has 3 aromatic rings. The van der Waals surface area contributed by atoms with Crippen molar-refractivity contribution in [2.45, 2.75) is 12.3 Å². The number of H-pyrrole nitrogens is 1. The molecule has 0 saturated carbocycles. The van der Waals surface area contributed by atoms with Gasteiger partial charge < -0.3 is 14.0 Å². The number of ether oxygens (including phenoxy) is 2. The molecule has 1 aliphatic heterocycles. The molecule has 23 heavy (non-hydrogen) atoms. The summed E-state index contributed by atoms with van der Waals surface area (Å²) in [4.78, 5) is 4.45. The molecule has 0 spiro atoms.